The van der Waals surface area contributed by atoms with E-state index in [1.165, 1.54) is 44.3 Å². The summed E-state index contributed by atoms with van der Waals surface area (Å²) in [5.74, 6) is 1.07. The van der Waals surface area contributed by atoms with Gasteiger partial charge in [0, 0.05) is 25.8 Å². The fourth-order valence-corrected chi connectivity index (χ4v) is 2.81. The third-order valence-corrected chi connectivity index (χ3v) is 4.18. The maximum Gasteiger partial charge on any atom is 0.128 e. The summed E-state index contributed by atoms with van der Waals surface area (Å²) < 4.78 is 0. The standard InChI is InChI=1S/C16H27N3/c1-4-6-11-19-12-7-8-15(19)14-9-10-16(17-13-14)18(3)5-2/h9-10,13,15H,4-8,11-12H2,1-3H3/t15-/m1/s1. The topological polar surface area (TPSA) is 19.4 Å². The van der Waals surface area contributed by atoms with E-state index >= 15 is 0 Å². The molecule has 0 amide bonds. The third-order valence-electron chi connectivity index (χ3n) is 4.18. The van der Waals surface area contributed by atoms with Crippen molar-refractivity contribution in [1.29, 1.82) is 0 Å². The molecule has 0 aromatic carbocycles. The summed E-state index contributed by atoms with van der Waals surface area (Å²) in [6.45, 7) is 7.90. The van der Waals surface area contributed by atoms with E-state index in [2.05, 4.69) is 54.0 Å². The van der Waals surface area contributed by atoms with Crippen molar-refractivity contribution < 1.29 is 0 Å². The molecule has 0 unspecified atom stereocenters. The van der Waals surface area contributed by atoms with E-state index in [1.807, 2.05) is 0 Å². The number of likely N-dealkylation sites (tertiary alicyclic amines) is 1. The highest BCUT2D eigenvalue weighted by Crippen LogP contribution is 2.32. The van der Waals surface area contributed by atoms with Gasteiger partial charge >= 0.3 is 0 Å². The number of anilines is 1. The van der Waals surface area contributed by atoms with Gasteiger partial charge in [-0.1, -0.05) is 19.4 Å². The van der Waals surface area contributed by atoms with Gasteiger partial charge in [0.05, 0.1) is 0 Å². The Morgan fingerprint density at radius 1 is 1.37 bits per heavy atom. The van der Waals surface area contributed by atoms with Crippen LogP contribution in [0.2, 0.25) is 0 Å². The van der Waals surface area contributed by atoms with Crippen molar-refractivity contribution in [2.75, 3.05) is 31.6 Å². The van der Waals surface area contributed by atoms with Crippen LogP contribution in [0.15, 0.2) is 18.3 Å². The van der Waals surface area contributed by atoms with Gasteiger partial charge in [0.2, 0.25) is 0 Å². The van der Waals surface area contributed by atoms with Gasteiger partial charge in [0.25, 0.3) is 0 Å². The summed E-state index contributed by atoms with van der Waals surface area (Å²) >= 11 is 0. The van der Waals surface area contributed by atoms with Gasteiger partial charge in [-0.3, -0.25) is 4.90 Å². The predicted molar refractivity (Wildman–Crippen MR) is 81.6 cm³/mol. The Morgan fingerprint density at radius 2 is 2.21 bits per heavy atom. The first-order valence-electron chi connectivity index (χ1n) is 7.67. The van der Waals surface area contributed by atoms with Gasteiger partial charge in [-0.25, -0.2) is 4.98 Å². The van der Waals surface area contributed by atoms with Crippen LogP contribution < -0.4 is 4.90 Å². The molecule has 0 saturated carbocycles. The van der Waals surface area contributed by atoms with Gasteiger partial charge < -0.3 is 4.90 Å². The molecule has 3 nitrogen and oxygen atoms in total. The molecule has 106 valence electrons. The van der Waals surface area contributed by atoms with Crippen LogP contribution >= 0.6 is 0 Å². The predicted octanol–water partition coefficient (Wildman–Crippen LogP) is 3.47. The number of hydrogen-bond donors (Lipinski definition) is 0. The SMILES string of the molecule is CCCCN1CCC[C@@H]1c1ccc(N(C)CC)nc1. The van der Waals surface area contributed by atoms with E-state index in [0.717, 1.165) is 12.4 Å². The van der Waals surface area contributed by atoms with Crippen molar-refractivity contribution in [2.45, 2.75) is 45.6 Å². The van der Waals surface area contributed by atoms with Gasteiger partial charge in [-0.2, -0.15) is 0 Å². The summed E-state index contributed by atoms with van der Waals surface area (Å²) in [6, 6.07) is 5.03. The lowest BCUT2D eigenvalue weighted by atomic mass is 10.1. The van der Waals surface area contributed by atoms with Crippen molar-refractivity contribution >= 4 is 5.82 Å². The van der Waals surface area contributed by atoms with Crippen LogP contribution in [-0.2, 0) is 0 Å². The highest BCUT2D eigenvalue weighted by Gasteiger charge is 2.25. The van der Waals surface area contributed by atoms with E-state index in [1.54, 1.807) is 0 Å². The summed E-state index contributed by atoms with van der Waals surface area (Å²) in [5, 5.41) is 0. The smallest absolute Gasteiger partial charge is 0.128 e. The minimum absolute atomic E-state index is 0.597. The van der Waals surface area contributed by atoms with Gasteiger partial charge in [-0.05, 0) is 50.9 Å². The lowest BCUT2D eigenvalue weighted by Gasteiger charge is -2.25. The first-order chi connectivity index (χ1) is 9.26. The zero-order valence-corrected chi connectivity index (χ0v) is 12.6. The Hall–Kier alpha value is -1.09. The number of pyridine rings is 1. The molecule has 0 N–H and O–H groups in total. The maximum atomic E-state index is 4.61. The highest BCUT2D eigenvalue weighted by atomic mass is 15.2. The normalized spacial score (nSPS) is 19.8. The first kappa shape index (κ1) is 14.3. The van der Waals surface area contributed by atoms with Crippen LogP contribution in [0.1, 0.15) is 51.1 Å². The number of unbranched alkanes of at least 4 members (excludes halogenated alkanes) is 1. The van der Waals surface area contributed by atoms with Crippen molar-refractivity contribution in [3.63, 3.8) is 0 Å². The molecule has 1 aliphatic heterocycles. The average molecular weight is 261 g/mol. The molecule has 1 aromatic heterocycles. The third kappa shape index (κ3) is 3.47. The van der Waals surface area contributed by atoms with Crippen molar-refractivity contribution in [2.24, 2.45) is 0 Å². The van der Waals surface area contributed by atoms with Crippen LogP contribution in [0.3, 0.4) is 0 Å². The molecular formula is C16H27N3. The molecule has 1 aliphatic rings. The van der Waals surface area contributed by atoms with Crippen molar-refractivity contribution in [1.82, 2.24) is 9.88 Å². The second kappa shape index (κ2) is 6.90. The van der Waals surface area contributed by atoms with E-state index < -0.39 is 0 Å². The number of nitrogens with zero attached hydrogens (tertiary/aromatic N) is 3. The summed E-state index contributed by atoms with van der Waals surface area (Å²) in [5.41, 5.74) is 1.39. The zero-order chi connectivity index (χ0) is 13.7. The number of aromatic nitrogens is 1. The Balaban J connectivity index is 2.04. The molecule has 0 aliphatic carbocycles. The first-order valence-corrected chi connectivity index (χ1v) is 7.67. The molecule has 1 atom stereocenters. The average Bonchev–Trinajstić information content (AvgIpc) is 2.92. The van der Waals surface area contributed by atoms with E-state index in [0.29, 0.717) is 6.04 Å². The number of hydrogen-bond acceptors (Lipinski definition) is 3. The molecular weight excluding hydrogens is 234 g/mol. The van der Waals surface area contributed by atoms with E-state index in [4.69, 9.17) is 0 Å². The summed E-state index contributed by atoms with van der Waals surface area (Å²) in [6.07, 6.45) is 7.28. The molecule has 1 aromatic rings. The Kier molecular flexibility index (Phi) is 5.20. The highest BCUT2D eigenvalue weighted by molar-refractivity contribution is 5.38. The van der Waals surface area contributed by atoms with Crippen LogP contribution in [0.5, 0.6) is 0 Å². The van der Waals surface area contributed by atoms with E-state index in [-0.39, 0.29) is 0 Å². The lowest BCUT2D eigenvalue weighted by Crippen LogP contribution is -2.24. The number of rotatable bonds is 6. The molecule has 1 fully saturated rings. The van der Waals surface area contributed by atoms with Gasteiger partial charge in [0.15, 0.2) is 0 Å². The van der Waals surface area contributed by atoms with E-state index in [9.17, 15) is 0 Å². The molecule has 0 bridgehead atoms. The van der Waals surface area contributed by atoms with Crippen LogP contribution in [0.25, 0.3) is 0 Å². The fourth-order valence-electron chi connectivity index (χ4n) is 2.81. The summed E-state index contributed by atoms with van der Waals surface area (Å²) in [7, 11) is 2.09. The molecule has 0 spiro atoms. The summed E-state index contributed by atoms with van der Waals surface area (Å²) in [4.78, 5) is 9.41. The Bertz CT molecular complexity index is 374. The largest absolute Gasteiger partial charge is 0.360 e. The molecule has 0 radical (unpaired) electrons. The molecule has 19 heavy (non-hydrogen) atoms. The quantitative estimate of drug-likeness (QED) is 0.781. The second-order valence-electron chi connectivity index (χ2n) is 5.51. The minimum Gasteiger partial charge on any atom is -0.360 e. The van der Waals surface area contributed by atoms with Crippen molar-refractivity contribution in [3.05, 3.63) is 23.9 Å². The monoisotopic (exact) mass is 261 g/mol. The molecule has 2 rings (SSSR count). The zero-order valence-electron chi connectivity index (χ0n) is 12.6. The van der Waals surface area contributed by atoms with Gasteiger partial charge in [-0.15, -0.1) is 0 Å². The van der Waals surface area contributed by atoms with Crippen LogP contribution in [0.4, 0.5) is 5.82 Å². The Labute approximate surface area is 117 Å². The van der Waals surface area contributed by atoms with Crippen LogP contribution in [-0.4, -0.2) is 36.6 Å². The van der Waals surface area contributed by atoms with Crippen molar-refractivity contribution in [3.8, 4) is 0 Å². The molecule has 1 saturated heterocycles. The maximum absolute atomic E-state index is 4.61. The second-order valence-corrected chi connectivity index (χ2v) is 5.51. The Morgan fingerprint density at radius 3 is 2.84 bits per heavy atom. The molecule has 2 heterocycles. The molecule has 3 heteroatoms. The lowest BCUT2D eigenvalue weighted by molar-refractivity contribution is 0.253. The van der Waals surface area contributed by atoms with Gasteiger partial charge in [0.1, 0.15) is 5.82 Å². The minimum atomic E-state index is 0.597. The fraction of sp³-hybridized carbons (Fsp3) is 0.688. The van der Waals surface area contributed by atoms with Crippen LogP contribution in [0, 0.1) is 0 Å².